The molecule has 0 saturated carbocycles. The van der Waals surface area contributed by atoms with Gasteiger partial charge in [0.25, 0.3) is 5.56 Å². The Morgan fingerprint density at radius 1 is 1.22 bits per heavy atom. The number of carbonyl (C=O) groups excluding carboxylic acids is 2. The van der Waals surface area contributed by atoms with Gasteiger partial charge in [-0.2, -0.15) is 5.10 Å². The van der Waals surface area contributed by atoms with E-state index in [1.54, 1.807) is 32.0 Å². The Bertz CT molecular complexity index is 1350. The molecule has 2 atom stereocenters. The predicted molar refractivity (Wildman–Crippen MR) is 128 cm³/mol. The molecule has 15 nitrogen and oxygen atoms in total. The predicted octanol–water partition coefficient (Wildman–Crippen LogP) is -0.711. The number of nitrogens with one attached hydrogen (secondary N) is 5. The summed E-state index contributed by atoms with van der Waals surface area (Å²) in [4.78, 5) is 51.1. The molecule has 2 aromatic rings. The number of esters is 1. The number of allylic oxidation sites excluding steroid dienone is 1. The fourth-order valence-electron chi connectivity index (χ4n) is 3.41. The van der Waals surface area contributed by atoms with Crippen LogP contribution in [0.15, 0.2) is 44.2 Å². The SMILES string of the molecule is CCOc1cc([C@@H]2NC(=O)NC(C)=C2C(=O)OC)ccc1OC[C@H](O)N/N=C/c1c(O)[nH]c(=O)[nH]c1=O. The molecule has 0 aliphatic carbocycles. The average molecular weight is 518 g/mol. The molecule has 0 saturated heterocycles. The third kappa shape index (κ3) is 6.46. The molecule has 1 aromatic carbocycles. The number of nitrogens with zero attached hydrogens (tertiary/aromatic N) is 1. The number of hydrogen-bond acceptors (Lipinski definition) is 11. The minimum absolute atomic E-state index is 0.225. The Balaban J connectivity index is 1.73. The van der Waals surface area contributed by atoms with Gasteiger partial charge in [0.1, 0.15) is 12.2 Å². The summed E-state index contributed by atoms with van der Waals surface area (Å²) in [5, 5.41) is 28.6. The van der Waals surface area contributed by atoms with Crippen LogP contribution in [0.5, 0.6) is 17.4 Å². The molecule has 7 N–H and O–H groups in total. The lowest BCUT2D eigenvalue weighted by molar-refractivity contribution is -0.136. The van der Waals surface area contributed by atoms with E-state index >= 15 is 0 Å². The molecular formula is C22H26N6O9. The summed E-state index contributed by atoms with van der Waals surface area (Å²) in [6.07, 6.45) is -0.426. The number of aromatic hydroxyl groups is 1. The van der Waals surface area contributed by atoms with Crippen molar-refractivity contribution < 1.29 is 34.0 Å². The molecule has 0 bridgehead atoms. The second-order valence-corrected chi connectivity index (χ2v) is 7.59. The molecule has 0 fully saturated rings. The minimum atomic E-state index is -1.34. The van der Waals surface area contributed by atoms with Crippen LogP contribution in [0.2, 0.25) is 0 Å². The van der Waals surface area contributed by atoms with Gasteiger partial charge in [-0.1, -0.05) is 6.07 Å². The lowest BCUT2D eigenvalue weighted by Gasteiger charge is -2.28. The Kier molecular flexibility index (Phi) is 8.52. The second kappa shape index (κ2) is 11.8. The Hall–Kier alpha value is -4.79. The summed E-state index contributed by atoms with van der Waals surface area (Å²) in [5.74, 6) is -0.752. The van der Waals surface area contributed by atoms with E-state index in [4.69, 9.17) is 14.2 Å². The van der Waals surface area contributed by atoms with Gasteiger partial charge < -0.3 is 35.1 Å². The third-order valence-electron chi connectivity index (χ3n) is 5.05. The molecule has 2 heterocycles. The first-order valence-electron chi connectivity index (χ1n) is 10.9. The number of aromatic amines is 2. The number of carbonyl (C=O) groups is 2. The van der Waals surface area contributed by atoms with Gasteiger partial charge in [0, 0.05) is 5.70 Å². The Labute approximate surface area is 209 Å². The zero-order valence-electron chi connectivity index (χ0n) is 20.1. The van der Waals surface area contributed by atoms with E-state index in [9.17, 15) is 29.4 Å². The van der Waals surface area contributed by atoms with Crippen LogP contribution in [0.4, 0.5) is 4.79 Å². The van der Waals surface area contributed by atoms with Crippen LogP contribution in [-0.4, -0.2) is 64.9 Å². The number of ether oxygens (including phenoxy) is 3. The van der Waals surface area contributed by atoms with Crippen LogP contribution in [0, 0.1) is 0 Å². The summed E-state index contributed by atoms with van der Waals surface area (Å²) in [6.45, 7) is 3.32. The van der Waals surface area contributed by atoms with Crippen LogP contribution < -0.4 is 36.8 Å². The molecule has 3 rings (SSSR count). The lowest BCUT2D eigenvalue weighted by atomic mass is 9.95. The normalized spacial score (nSPS) is 16.1. The first-order chi connectivity index (χ1) is 17.6. The van der Waals surface area contributed by atoms with Gasteiger partial charge in [0.2, 0.25) is 5.88 Å². The first kappa shape index (κ1) is 26.8. The number of urea groups is 1. The zero-order valence-corrected chi connectivity index (χ0v) is 20.1. The monoisotopic (exact) mass is 518 g/mol. The molecule has 0 unspecified atom stereocenters. The standard InChI is InChI=1S/C22H26N6O9/c1-4-36-14-7-11(17-16(20(32)35-3)10(2)24-21(33)25-17)5-6-13(14)37-9-15(29)28-23-8-12-18(30)26-22(34)27-19(12)31/h5-8,15,17,28-29H,4,9H2,1-3H3,(H2,24,25,33)(H3,26,27,30,31,34)/b23-8+/t15-,17-/m0/s1. The van der Waals surface area contributed by atoms with Crippen molar-refractivity contribution in [2.75, 3.05) is 20.3 Å². The molecule has 198 valence electrons. The second-order valence-electron chi connectivity index (χ2n) is 7.59. The molecule has 37 heavy (non-hydrogen) atoms. The fourth-order valence-corrected chi connectivity index (χ4v) is 3.41. The topological polar surface area (TPSA) is 216 Å². The van der Waals surface area contributed by atoms with Crippen molar-refractivity contribution in [3.8, 4) is 17.4 Å². The van der Waals surface area contributed by atoms with Gasteiger partial charge in [-0.25, -0.2) is 14.4 Å². The van der Waals surface area contributed by atoms with E-state index < -0.39 is 41.4 Å². The van der Waals surface area contributed by atoms with Gasteiger partial charge in [-0.15, -0.1) is 0 Å². The molecule has 0 spiro atoms. The van der Waals surface area contributed by atoms with Gasteiger partial charge in [0.15, 0.2) is 17.7 Å². The van der Waals surface area contributed by atoms with Crippen molar-refractivity contribution in [2.45, 2.75) is 26.1 Å². The summed E-state index contributed by atoms with van der Waals surface area (Å²) < 4.78 is 16.1. The molecule has 1 aliphatic rings. The van der Waals surface area contributed by atoms with Crippen molar-refractivity contribution in [3.63, 3.8) is 0 Å². The van der Waals surface area contributed by atoms with Crippen LogP contribution in [0.3, 0.4) is 0 Å². The number of hydrogen-bond donors (Lipinski definition) is 7. The van der Waals surface area contributed by atoms with Crippen LogP contribution >= 0.6 is 0 Å². The number of aliphatic hydroxyl groups excluding tert-OH is 1. The Morgan fingerprint density at radius 3 is 2.65 bits per heavy atom. The van der Waals surface area contributed by atoms with E-state index in [-0.39, 0.29) is 35.8 Å². The number of H-pyrrole nitrogens is 2. The molecule has 2 amide bonds. The van der Waals surface area contributed by atoms with Crippen molar-refractivity contribution >= 4 is 18.2 Å². The number of aliphatic hydroxyl groups is 1. The molecular weight excluding hydrogens is 492 g/mol. The summed E-state index contributed by atoms with van der Waals surface area (Å²) in [5.41, 5.74) is 1.34. The highest BCUT2D eigenvalue weighted by Crippen LogP contribution is 2.34. The highest BCUT2D eigenvalue weighted by Gasteiger charge is 2.32. The maximum atomic E-state index is 12.3. The zero-order chi connectivity index (χ0) is 27.1. The van der Waals surface area contributed by atoms with E-state index in [1.807, 2.05) is 9.97 Å². The van der Waals surface area contributed by atoms with Gasteiger partial charge in [-0.05, 0) is 31.5 Å². The van der Waals surface area contributed by atoms with E-state index in [1.165, 1.54) is 7.11 Å². The molecule has 15 heteroatoms. The number of methoxy groups -OCH3 is 1. The maximum Gasteiger partial charge on any atom is 0.337 e. The summed E-state index contributed by atoms with van der Waals surface area (Å²) in [7, 11) is 1.24. The smallest absolute Gasteiger partial charge is 0.337 e. The van der Waals surface area contributed by atoms with Gasteiger partial charge >= 0.3 is 17.7 Å². The minimum Gasteiger partial charge on any atom is -0.494 e. The van der Waals surface area contributed by atoms with Crippen molar-refractivity contribution in [1.82, 2.24) is 26.0 Å². The largest absolute Gasteiger partial charge is 0.494 e. The van der Waals surface area contributed by atoms with E-state index in [0.717, 1.165) is 6.21 Å². The first-order valence-corrected chi connectivity index (χ1v) is 10.9. The summed E-state index contributed by atoms with van der Waals surface area (Å²) >= 11 is 0. The number of hydrazone groups is 1. The lowest BCUT2D eigenvalue weighted by Crippen LogP contribution is -2.45. The summed E-state index contributed by atoms with van der Waals surface area (Å²) in [6, 6.07) is 3.47. The number of benzene rings is 1. The molecule has 1 aliphatic heterocycles. The quantitative estimate of drug-likeness (QED) is 0.0907. The average Bonchev–Trinajstić information content (AvgIpc) is 2.84. The van der Waals surface area contributed by atoms with Gasteiger partial charge in [0.05, 0.1) is 31.5 Å². The van der Waals surface area contributed by atoms with E-state index in [2.05, 4.69) is 21.2 Å². The van der Waals surface area contributed by atoms with Crippen molar-refractivity contribution in [2.24, 2.45) is 5.10 Å². The van der Waals surface area contributed by atoms with Crippen LogP contribution in [-0.2, 0) is 9.53 Å². The molecule has 1 aromatic heterocycles. The van der Waals surface area contributed by atoms with Gasteiger partial charge in [-0.3, -0.25) is 20.2 Å². The molecule has 0 radical (unpaired) electrons. The van der Waals surface area contributed by atoms with Crippen LogP contribution in [0.25, 0.3) is 0 Å². The fraction of sp³-hybridized carbons (Fsp3) is 0.318. The van der Waals surface area contributed by atoms with E-state index in [0.29, 0.717) is 11.3 Å². The Morgan fingerprint density at radius 2 is 1.97 bits per heavy atom. The van der Waals surface area contributed by atoms with Crippen molar-refractivity contribution in [3.05, 3.63) is 61.4 Å². The highest BCUT2D eigenvalue weighted by molar-refractivity contribution is 5.95. The van der Waals surface area contributed by atoms with Crippen molar-refractivity contribution in [1.29, 1.82) is 0 Å². The number of aromatic nitrogens is 2. The number of amides is 2. The van der Waals surface area contributed by atoms with Crippen LogP contribution in [0.1, 0.15) is 31.0 Å². The third-order valence-corrected chi connectivity index (χ3v) is 5.05. The maximum absolute atomic E-state index is 12.3. The highest BCUT2D eigenvalue weighted by atomic mass is 16.5. The number of rotatable bonds is 10.